The largest absolute Gasteiger partial charge is 0.304 e. The van der Waals surface area contributed by atoms with Gasteiger partial charge in [-0.2, -0.15) is 0 Å². The molecular weight excluding hydrogens is 232 g/mol. The van der Waals surface area contributed by atoms with E-state index in [9.17, 15) is 0 Å². The van der Waals surface area contributed by atoms with Crippen LogP contribution in [0.3, 0.4) is 0 Å². The number of benzene rings is 1. The normalized spacial score (nSPS) is 19.8. The zero-order valence-electron chi connectivity index (χ0n) is 12.9. The third kappa shape index (κ3) is 4.05. The smallest absolute Gasteiger partial charge is 0.0234 e. The van der Waals surface area contributed by atoms with Crippen LogP contribution in [0.4, 0.5) is 0 Å². The summed E-state index contributed by atoms with van der Waals surface area (Å²) < 4.78 is 0. The molecule has 2 rings (SSSR count). The van der Waals surface area contributed by atoms with E-state index in [0.717, 1.165) is 6.54 Å². The van der Waals surface area contributed by atoms with Crippen LogP contribution < -0.4 is 0 Å². The first-order chi connectivity index (χ1) is 9.06. The maximum absolute atomic E-state index is 2.56. The Morgan fingerprint density at radius 3 is 2.05 bits per heavy atom. The highest BCUT2D eigenvalue weighted by Crippen LogP contribution is 2.24. The molecule has 106 valence electrons. The average Bonchev–Trinajstić information content (AvgIpc) is 2.41. The van der Waals surface area contributed by atoms with Gasteiger partial charge >= 0.3 is 0 Å². The lowest BCUT2D eigenvalue weighted by Gasteiger charge is -2.32. The highest BCUT2D eigenvalue weighted by atomic mass is 15.2. The topological polar surface area (TPSA) is 6.48 Å². The molecule has 0 spiro atoms. The predicted molar refractivity (Wildman–Crippen MR) is 82.5 cm³/mol. The molecule has 0 amide bonds. The van der Waals surface area contributed by atoms with Gasteiger partial charge in [-0.1, -0.05) is 45.0 Å². The molecule has 1 heterocycles. The second-order valence-electron chi connectivity index (χ2n) is 6.35. The summed E-state index contributed by atoms with van der Waals surface area (Å²) in [6.07, 6.45) is 0. The zero-order valence-corrected chi connectivity index (χ0v) is 12.9. The van der Waals surface area contributed by atoms with Crippen molar-refractivity contribution < 1.29 is 0 Å². The van der Waals surface area contributed by atoms with Crippen LogP contribution in [-0.4, -0.2) is 43.0 Å². The Kier molecular flexibility index (Phi) is 5.00. The van der Waals surface area contributed by atoms with Crippen LogP contribution in [0.5, 0.6) is 0 Å². The third-order valence-corrected chi connectivity index (χ3v) is 4.51. The number of hydrogen-bond donors (Lipinski definition) is 0. The minimum absolute atomic E-state index is 0.651. The van der Waals surface area contributed by atoms with E-state index in [1.54, 1.807) is 0 Å². The number of hydrogen-bond acceptors (Lipinski definition) is 2. The minimum Gasteiger partial charge on any atom is -0.304 e. The zero-order chi connectivity index (χ0) is 13.8. The molecule has 0 unspecified atom stereocenters. The van der Waals surface area contributed by atoms with Crippen LogP contribution in [0.1, 0.15) is 37.8 Å². The number of nitrogens with zero attached hydrogens (tertiary/aromatic N) is 2. The summed E-state index contributed by atoms with van der Waals surface area (Å²) in [7, 11) is 2.21. The molecule has 0 radical (unpaired) electrons. The van der Waals surface area contributed by atoms with Crippen molar-refractivity contribution in [3.05, 3.63) is 35.4 Å². The summed E-state index contributed by atoms with van der Waals surface area (Å²) in [4.78, 5) is 4.96. The Balaban J connectivity index is 1.91. The third-order valence-electron chi connectivity index (χ3n) is 4.51. The van der Waals surface area contributed by atoms with Crippen molar-refractivity contribution in [2.24, 2.45) is 5.92 Å². The summed E-state index contributed by atoms with van der Waals surface area (Å²) in [5.41, 5.74) is 2.92. The van der Waals surface area contributed by atoms with Gasteiger partial charge in [0.2, 0.25) is 0 Å². The molecular formula is C17H28N2. The molecule has 19 heavy (non-hydrogen) atoms. The first-order valence-corrected chi connectivity index (χ1v) is 7.56. The molecule has 0 aromatic heterocycles. The Hall–Kier alpha value is -0.860. The standard InChI is InChI=1S/C17H28N2/c1-14(2)15(3)17-7-5-16(6-8-17)13-19-11-9-18(4)10-12-19/h5-8,14-15H,9-13H2,1-4H3/t15-/m1/s1. The van der Waals surface area contributed by atoms with Gasteiger partial charge in [0.15, 0.2) is 0 Å². The van der Waals surface area contributed by atoms with Gasteiger partial charge < -0.3 is 4.90 Å². The van der Waals surface area contributed by atoms with Crippen LogP contribution >= 0.6 is 0 Å². The summed E-state index contributed by atoms with van der Waals surface area (Å²) in [5, 5.41) is 0. The molecule has 1 aromatic carbocycles. The molecule has 1 saturated heterocycles. The van der Waals surface area contributed by atoms with Crippen LogP contribution in [0.2, 0.25) is 0 Å². The molecule has 1 atom stereocenters. The second-order valence-corrected chi connectivity index (χ2v) is 6.35. The fourth-order valence-corrected chi connectivity index (χ4v) is 2.58. The number of piperazine rings is 1. The molecule has 2 heteroatoms. The highest BCUT2D eigenvalue weighted by Gasteiger charge is 2.14. The van der Waals surface area contributed by atoms with Gasteiger partial charge in [-0.3, -0.25) is 4.90 Å². The first kappa shape index (κ1) is 14.5. The van der Waals surface area contributed by atoms with Gasteiger partial charge in [0.05, 0.1) is 0 Å². The van der Waals surface area contributed by atoms with Gasteiger partial charge in [-0.25, -0.2) is 0 Å². The van der Waals surface area contributed by atoms with E-state index in [1.165, 1.54) is 37.3 Å². The molecule has 0 aliphatic carbocycles. The van der Waals surface area contributed by atoms with Gasteiger partial charge in [0.1, 0.15) is 0 Å². The second kappa shape index (κ2) is 6.53. The van der Waals surface area contributed by atoms with Crippen LogP contribution in [-0.2, 0) is 6.54 Å². The van der Waals surface area contributed by atoms with E-state index in [4.69, 9.17) is 0 Å². The van der Waals surface area contributed by atoms with E-state index in [2.05, 4.69) is 61.9 Å². The summed E-state index contributed by atoms with van der Waals surface area (Å²) in [5.74, 6) is 1.36. The van der Waals surface area contributed by atoms with E-state index in [-0.39, 0.29) is 0 Å². The lowest BCUT2D eigenvalue weighted by atomic mass is 9.90. The van der Waals surface area contributed by atoms with Crippen molar-refractivity contribution in [1.29, 1.82) is 0 Å². The van der Waals surface area contributed by atoms with E-state index in [0.29, 0.717) is 11.8 Å². The molecule has 0 N–H and O–H groups in total. The lowest BCUT2D eigenvalue weighted by molar-refractivity contribution is 0.148. The van der Waals surface area contributed by atoms with Gasteiger partial charge in [0, 0.05) is 32.7 Å². The number of likely N-dealkylation sites (N-methyl/N-ethyl adjacent to an activating group) is 1. The van der Waals surface area contributed by atoms with Crippen LogP contribution in [0, 0.1) is 5.92 Å². The molecule has 0 bridgehead atoms. The highest BCUT2D eigenvalue weighted by molar-refractivity contribution is 5.25. The van der Waals surface area contributed by atoms with Gasteiger partial charge in [-0.05, 0) is 30.0 Å². The van der Waals surface area contributed by atoms with Crippen LogP contribution in [0.25, 0.3) is 0 Å². The fourth-order valence-electron chi connectivity index (χ4n) is 2.58. The van der Waals surface area contributed by atoms with E-state index < -0.39 is 0 Å². The van der Waals surface area contributed by atoms with Crippen molar-refractivity contribution in [2.45, 2.75) is 33.2 Å². The van der Waals surface area contributed by atoms with E-state index >= 15 is 0 Å². The SMILES string of the molecule is CC(C)[C@@H](C)c1ccc(CN2CCN(C)CC2)cc1. The average molecular weight is 260 g/mol. The quantitative estimate of drug-likeness (QED) is 0.820. The summed E-state index contributed by atoms with van der Waals surface area (Å²) in [6, 6.07) is 9.26. The van der Waals surface area contributed by atoms with Gasteiger partial charge in [-0.15, -0.1) is 0 Å². The Morgan fingerprint density at radius 1 is 0.947 bits per heavy atom. The van der Waals surface area contributed by atoms with Crippen molar-refractivity contribution in [3.8, 4) is 0 Å². The van der Waals surface area contributed by atoms with Crippen molar-refractivity contribution in [1.82, 2.24) is 9.80 Å². The number of rotatable bonds is 4. The van der Waals surface area contributed by atoms with E-state index in [1.807, 2.05) is 0 Å². The van der Waals surface area contributed by atoms with Crippen molar-refractivity contribution >= 4 is 0 Å². The van der Waals surface area contributed by atoms with Gasteiger partial charge in [0.25, 0.3) is 0 Å². The van der Waals surface area contributed by atoms with Crippen LogP contribution in [0.15, 0.2) is 24.3 Å². The first-order valence-electron chi connectivity index (χ1n) is 7.56. The molecule has 2 nitrogen and oxygen atoms in total. The molecule has 1 aliphatic heterocycles. The minimum atomic E-state index is 0.651. The van der Waals surface area contributed by atoms with Crippen molar-refractivity contribution in [2.75, 3.05) is 33.2 Å². The maximum Gasteiger partial charge on any atom is 0.0234 e. The lowest BCUT2D eigenvalue weighted by Crippen LogP contribution is -2.43. The molecule has 0 saturated carbocycles. The molecule has 1 aliphatic rings. The van der Waals surface area contributed by atoms with Crippen molar-refractivity contribution in [3.63, 3.8) is 0 Å². The predicted octanol–water partition coefficient (Wildman–Crippen LogP) is 3.19. The Labute approximate surface area is 118 Å². The molecule has 1 aromatic rings. The Bertz CT molecular complexity index is 375. The maximum atomic E-state index is 2.56. The summed E-state index contributed by atoms with van der Waals surface area (Å²) in [6.45, 7) is 12.8. The molecule has 1 fully saturated rings. The monoisotopic (exact) mass is 260 g/mol. The Morgan fingerprint density at radius 2 is 1.53 bits per heavy atom. The summed E-state index contributed by atoms with van der Waals surface area (Å²) >= 11 is 0. The fraction of sp³-hybridized carbons (Fsp3) is 0.647.